The van der Waals surface area contributed by atoms with Crippen LogP contribution in [0.3, 0.4) is 0 Å². The molecule has 3 aliphatic rings. The highest BCUT2D eigenvalue weighted by molar-refractivity contribution is 7.15. The summed E-state index contributed by atoms with van der Waals surface area (Å²) in [5, 5.41) is 15.4. The van der Waals surface area contributed by atoms with Gasteiger partial charge >= 0.3 is 0 Å². The van der Waals surface area contributed by atoms with Crippen LogP contribution in [0.5, 0.6) is 0 Å². The van der Waals surface area contributed by atoms with E-state index in [1.54, 1.807) is 23.2 Å². The van der Waals surface area contributed by atoms with Gasteiger partial charge in [0.2, 0.25) is 17.7 Å². The molecule has 9 heteroatoms. The summed E-state index contributed by atoms with van der Waals surface area (Å²) in [5.74, 6) is -0.144. The van der Waals surface area contributed by atoms with Gasteiger partial charge in [0.1, 0.15) is 0 Å². The second-order valence-electron chi connectivity index (χ2n) is 11.7. The molecule has 4 rings (SSSR count). The van der Waals surface area contributed by atoms with Gasteiger partial charge in [0, 0.05) is 55.7 Å². The summed E-state index contributed by atoms with van der Waals surface area (Å²) in [6, 6.07) is 0. The minimum absolute atomic E-state index is 0.0191. The third-order valence-electron chi connectivity index (χ3n) is 9.57. The number of hydrogen-bond donors (Lipinski definition) is 2. The number of aliphatic hydroxyl groups excluding tert-OH is 1. The molecule has 1 aromatic heterocycles. The van der Waals surface area contributed by atoms with Gasteiger partial charge in [-0.3, -0.25) is 14.4 Å². The van der Waals surface area contributed by atoms with Crippen molar-refractivity contribution in [2.45, 2.75) is 85.7 Å². The van der Waals surface area contributed by atoms with E-state index in [0.717, 1.165) is 25.0 Å². The summed E-state index contributed by atoms with van der Waals surface area (Å²) in [4.78, 5) is 47.4. The van der Waals surface area contributed by atoms with E-state index in [1.165, 1.54) is 4.88 Å². The van der Waals surface area contributed by atoms with Crippen LogP contribution in [0, 0.1) is 29.1 Å². The molecule has 2 heterocycles. The lowest BCUT2D eigenvalue weighted by atomic mass is 9.53. The first kappa shape index (κ1) is 28.0. The fourth-order valence-electron chi connectivity index (χ4n) is 7.27. The lowest BCUT2D eigenvalue weighted by Crippen LogP contribution is -2.53. The van der Waals surface area contributed by atoms with Crippen molar-refractivity contribution in [1.82, 2.24) is 14.8 Å². The Kier molecular flexibility index (Phi) is 8.34. The largest absolute Gasteiger partial charge is 0.392 e. The highest BCUT2D eigenvalue weighted by Gasteiger charge is 2.54. The molecule has 0 radical (unpaired) electrons. The lowest BCUT2D eigenvalue weighted by molar-refractivity contribution is -0.144. The Morgan fingerprint density at radius 3 is 2.46 bits per heavy atom. The molecule has 1 aliphatic heterocycles. The summed E-state index contributed by atoms with van der Waals surface area (Å²) in [6.07, 6.45) is 3.42. The number of aliphatic hydroxyl groups is 1. The smallest absolute Gasteiger partial charge is 0.229 e. The van der Waals surface area contributed by atoms with Gasteiger partial charge in [-0.1, -0.05) is 20.8 Å². The molecular weight excluding hydrogens is 488 g/mol. The molecule has 0 aromatic carbocycles. The van der Waals surface area contributed by atoms with Gasteiger partial charge in [-0.25, -0.2) is 4.98 Å². The molecule has 3 amide bonds. The summed E-state index contributed by atoms with van der Waals surface area (Å²) in [5.41, 5.74) is 0.921. The molecular formula is C28H44N4O4S. The summed E-state index contributed by atoms with van der Waals surface area (Å²) >= 11 is 1.56. The molecule has 2 fully saturated rings. The van der Waals surface area contributed by atoms with Crippen LogP contribution in [0.15, 0.2) is 0 Å². The van der Waals surface area contributed by atoms with Crippen LogP contribution in [0.25, 0.3) is 0 Å². The zero-order valence-electron chi connectivity index (χ0n) is 23.2. The maximum absolute atomic E-state index is 13.1. The van der Waals surface area contributed by atoms with Crippen molar-refractivity contribution in [2.24, 2.45) is 29.1 Å². The summed E-state index contributed by atoms with van der Waals surface area (Å²) in [6.45, 7) is 14.6. The first-order chi connectivity index (χ1) is 17.5. The highest BCUT2D eigenvalue weighted by atomic mass is 32.1. The lowest BCUT2D eigenvalue weighted by Gasteiger charge is -2.53. The zero-order chi connectivity index (χ0) is 27.1. The fourth-order valence-corrected chi connectivity index (χ4v) is 8.54. The molecule has 1 unspecified atom stereocenters. The van der Waals surface area contributed by atoms with Gasteiger partial charge in [0.15, 0.2) is 5.13 Å². The molecule has 0 bridgehead atoms. The molecule has 2 aliphatic carbocycles. The predicted molar refractivity (Wildman–Crippen MR) is 145 cm³/mol. The number of piperidine rings is 1. The standard InChI is InChI=1S/C28H44N4O4S/c1-7-31(8-2)26(36)16(3)20-9-12-28(6)15-21-23(17(4)22(28)24(20)34)29-27(37-21)30-25(35)19-10-13-32(14-11-19)18(5)33/h16-17,19-20,22,24,34H,7-15H2,1-6H3,(H,29,30,35)/t16-,17-,20?,22+,24-,28-/m0/s1. The number of thiazole rings is 1. The van der Waals surface area contributed by atoms with Crippen LogP contribution < -0.4 is 5.32 Å². The molecule has 1 aromatic rings. The van der Waals surface area contributed by atoms with E-state index in [-0.39, 0.29) is 52.7 Å². The number of nitrogens with zero attached hydrogens (tertiary/aromatic N) is 3. The average molecular weight is 533 g/mol. The van der Waals surface area contributed by atoms with E-state index < -0.39 is 6.10 Å². The Balaban J connectivity index is 1.47. The Morgan fingerprint density at radius 2 is 1.86 bits per heavy atom. The molecule has 2 N–H and O–H groups in total. The molecule has 0 spiro atoms. The number of nitrogens with one attached hydrogen (secondary N) is 1. The number of amides is 3. The van der Waals surface area contributed by atoms with Crippen LogP contribution in [0.4, 0.5) is 5.13 Å². The van der Waals surface area contributed by atoms with Gasteiger partial charge < -0.3 is 20.2 Å². The molecule has 1 saturated carbocycles. The predicted octanol–water partition coefficient (Wildman–Crippen LogP) is 3.90. The van der Waals surface area contributed by atoms with Crippen molar-refractivity contribution in [3.63, 3.8) is 0 Å². The van der Waals surface area contributed by atoms with Crippen LogP contribution >= 0.6 is 11.3 Å². The zero-order valence-corrected chi connectivity index (χ0v) is 24.1. The van der Waals surface area contributed by atoms with Crippen LogP contribution in [-0.4, -0.2) is 69.9 Å². The average Bonchev–Trinajstić information content (AvgIpc) is 3.26. The first-order valence-electron chi connectivity index (χ1n) is 14.0. The molecule has 1 saturated heterocycles. The molecule has 6 atom stereocenters. The van der Waals surface area contributed by atoms with E-state index in [9.17, 15) is 19.5 Å². The number of likely N-dealkylation sites (tertiary alicyclic amines) is 1. The number of aromatic nitrogens is 1. The molecule has 206 valence electrons. The third-order valence-corrected chi connectivity index (χ3v) is 10.6. The highest BCUT2D eigenvalue weighted by Crippen LogP contribution is 2.57. The fraction of sp³-hybridized carbons (Fsp3) is 0.786. The third kappa shape index (κ3) is 5.31. The van der Waals surface area contributed by atoms with Crippen molar-refractivity contribution in [1.29, 1.82) is 0 Å². The van der Waals surface area contributed by atoms with Gasteiger partial charge in [-0.05, 0) is 63.2 Å². The Bertz CT molecular complexity index is 1020. The first-order valence-corrected chi connectivity index (χ1v) is 14.8. The van der Waals surface area contributed by atoms with Gasteiger partial charge in [-0.15, -0.1) is 11.3 Å². The Hall–Kier alpha value is -2.00. The molecule has 8 nitrogen and oxygen atoms in total. The second kappa shape index (κ2) is 11.0. The van der Waals surface area contributed by atoms with Crippen molar-refractivity contribution in [2.75, 3.05) is 31.5 Å². The molecule has 37 heavy (non-hydrogen) atoms. The van der Waals surface area contributed by atoms with E-state index in [4.69, 9.17) is 4.98 Å². The number of carbonyl (C=O) groups excluding carboxylic acids is 3. The maximum Gasteiger partial charge on any atom is 0.229 e. The minimum atomic E-state index is -0.567. The van der Waals surface area contributed by atoms with Crippen molar-refractivity contribution in [3.8, 4) is 0 Å². The Morgan fingerprint density at radius 1 is 1.22 bits per heavy atom. The normalized spacial score (nSPS) is 30.7. The van der Waals surface area contributed by atoms with Crippen LogP contribution in [-0.2, 0) is 20.8 Å². The van der Waals surface area contributed by atoms with Crippen molar-refractivity contribution >= 4 is 34.2 Å². The van der Waals surface area contributed by atoms with E-state index in [0.29, 0.717) is 44.2 Å². The monoisotopic (exact) mass is 532 g/mol. The number of fused-ring (bicyclic) bond motifs is 2. The van der Waals surface area contributed by atoms with Crippen molar-refractivity contribution < 1.29 is 19.5 Å². The van der Waals surface area contributed by atoms with E-state index in [2.05, 4.69) is 19.2 Å². The number of carbonyl (C=O) groups is 3. The van der Waals surface area contributed by atoms with E-state index >= 15 is 0 Å². The topological polar surface area (TPSA) is 103 Å². The SMILES string of the molecule is CCN(CC)C(=O)[C@@H](C)C1CC[C@@]2(C)Cc3sc(NC(=O)C4CCN(C(C)=O)CC4)nc3[C@@H](C)[C@@H]2[C@H]1O. The number of anilines is 1. The maximum atomic E-state index is 13.1. The Labute approximate surface area is 225 Å². The van der Waals surface area contributed by atoms with Crippen molar-refractivity contribution in [3.05, 3.63) is 10.6 Å². The van der Waals surface area contributed by atoms with Crippen LogP contribution in [0.1, 0.15) is 83.7 Å². The minimum Gasteiger partial charge on any atom is -0.392 e. The quantitative estimate of drug-likeness (QED) is 0.579. The summed E-state index contributed by atoms with van der Waals surface area (Å²) < 4.78 is 0. The number of hydrogen-bond acceptors (Lipinski definition) is 6. The van der Waals surface area contributed by atoms with E-state index in [1.807, 2.05) is 25.7 Å². The van der Waals surface area contributed by atoms with Gasteiger partial charge in [-0.2, -0.15) is 0 Å². The van der Waals surface area contributed by atoms with Crippen LogP contribution in [0.2, 0.25) is 0 Å². The number of rotatable bonds is 6. The second-order valence-corrected chi connectivity index (χ2v) is 12.8. The van der Waals surface area contributed by atoms with Gasteiger partial charge in [0.05, 0.1) is 11.8 Å². The van der Waals surface area contributed by atoms with Gasteiger partial charge in [0.25, 0.3) is 0 Å². The summed E-state index contributed by atoms with van der Waals surface area (Å²) in [7, 11) is 0.